The average Bonchev–Trinajstić information content (AvgIpc) is 2.30. The first-order valence-electron chi connectivity index (χ1n) is 6.45. The van der Waals surface area contributed by atoms with Crippen molar-refractivity contribution in [2.45, 2.75) is 45.1 Å². The van der Waals surface area contributed by atoms with Crippen LogP contribution in [0, 0.1) is 0 Å². The zero-order chi connectivity index (χ0) is 11.8. The molecule has 0 spiro atoms. The molecule has 0 bridgehead atoms. The van der Waals surface area contributed by atoms with Crippen LogP contribution in [-0.2, 0) is 4.79 Å². The van der Waals surface area contributed by atoms with Crippen LogP contribution in [0.15, 0.2) is 0 Å². The number of nitrogens with zero attached hydrogens (tertiary/aromatic N) is 1. The number of halogens is 2. The van der Waals surface area contributed by atoms with Gasteiger partial charge in [0.25, 0.3) is 0 Å². The number of amides is 1. The summed E-state index contributed by atoms with van der Waals surface area (Å²) in [5, 5.41) is 2.80. The standard InChI is InChI=1S/C12H25N3O.2ClH/c1-11-6-2-4-8-15(11)9-5-3-7-14-12(16)10-13;;/h11H,2-10,13H2,1H3,(H,14,16);2*1H. The number of carbonyl (C=O) groups excluding carboxylic acids is 1. The van der Waals surface area contributed by atoms with Crippen molar-refractivity contribution in [2.75, 3.05) is 26.2 Å². The van der Waals surface area contributed by atoms with Crippen molar-refractivity contribution >= 4 is 30.7 Å². The molecule has 1 rings (SSSR count). The van der Waals surface area contributed by atoms with Crippen LogP contribution in [0.3, 0.4) is 0 Å². The first-order chi connectivity index (χ1) is 7.74. The molecule has 0 aromatic heterocycles. The molecule has 0 aromatic rings. The van der Waals surface area contributed by atoms with Gasteiger partial charge in [-0.25, -0.2) is 0 Å². The molecule has 18 heavy (non-hydrogen) atoms. The third-order valence-corrected chi connectivity index (χ3v) is 3.32. The van der Waals surface area contributed by atoms with Gasteiger partial charge in [0, 0.05) is 12.6 Å². The van der Waals surface area contributed by atoms with E-state index in [0.29, 0.717) is 0 Å². The summed E-state index contributed by atoms with van der Waals surface area (Å²) >= 11 is 0. The van der Waals surface area contributed by atoms with E-state index in [4.69, 9.17) is 5.73 Å². The number of hydrogen-bond donors (Lipinski definition) is 2. The molecule has 3 N–H and O–H groups in total. The van der Waals surface area contributed by atoms with Crippen LogP contribution in [0.4, 0.5) is 0 Å². The SMILES string of the molecule is CC1CCCCN1CCCCNC(=O)CN.Cl.Cl. The molecule has 1 heterocycles. The summed E-state index contributed by atoms with van der Waals surface area (Å²) < 4.78 is 0. The Hall–Kier alpha value is -0.0300. The van der Waals surface area contributed by atoms with Crippen LogP contribution in [0.2, 0.25) is 0 Å². The van der Waals surface area contributed by atoms with E-state index in [9.17, 15) is 4.79 Å². The van der Waals surface area contributed by atoms with E-state index < -0.39 is 0 Å². The minimum Gasteiger partial charge on any atom is -0.355 e. The predicted octanol–water partition coefficient (Wildman–Crippen LogP) is 1.56. The zero-order valence-electron chi connectivity index (χ0n) is 11.2. The number of rotatable bonds is 6. The Morgan fingerprint density at radius 2 is 2.06 bits per heavy atom. The molecule has 1 saturated heterocycles. The summed E-state index contributed by atoms with van der Waals surface area (Å²) in [5.74, 6) is -0.0497. The average molecular weight is 300 g/mol. The van der Waals surface area contributed by atoms with Gasteiger partial charge in [-0.05, 0) is 45.7 Å². The molecule has 0 saturated carbocycles. The van der Waals surface area contributed by atoms with Crippen LogP contribution < -0.4 is 11.1 Å². The maximum Gasteiger partial charge on any atom is 0.233 e. The highest BCUT2D eigenvalue weighted by molar-refractivity contribution is 5.85. The van der Waals surface area contributed by atoms with E-state index in [-0.39, 0.29) is 37.3 Å². The minimum absolute atomic E-state index is 0. The van der Waals surface area contributed by atoms with Gasteiger partial charge in [0.2, 0.25) is 5.91 Å². The summed E-state index contributed by atoms with van der Waals surface area (Å²) in [6.45, 7) is 5.59. The molecule has 4 nitrogen and oxygen atoms in total. The van der Waals surface area contributed by atoms with E-state index in [1.807, 2.05) is 0 Å². The van der Waals surface area contributed by atoms with Gasteiger partial charge in [0.1, 0.15) is 0 Å². The summed E-state index contributed by atoms with van der Waals surface area (Å²) in [7, 11) is 0. The molecular weight excluding hydrogens is 273 g/mol. The van der Waals surface area contributed by atoms with Gasteiger partial charge in [0.15, 0.2) is 0 Å². The van der Waals surface area contributed by atoms with Gasteiger partial charge in [-0.15, -0.1) is 24.8 Å². The van der Waals surface area contributed by atoms with Gasteiger partial charge in [0.05, 0.1) is 6.54 Å². The molecular formula is C12H27Cl2N3O. The number of piperidine rings is 1. The fourth-order valence-electron chi connectivity index (χ4n) is 2.23. The first kappa shape index (κ1) is 20.3. The van der Waals surface area contributed by atoms with Crippen molar-refractivity contribution in [1.82, 2.24) is 10.2 Å². The predicted molar refractivity (Wildman–Crippen MR) is 80.7 cm³/mol. The van der Waals surface area contributed by atoms with Crippen molar-refractivity contribution in [3.63, 3.8) is 0 Å². The van der Waals surface area contributed by atoms with Gasteiger partial charge < -0.3 is 16.0 Å². The van der Waals surface area contributed by atoms with Crippen LogP contribution in [0.5, 0.6) is 0 Å². The van der Waals surface area contributed by atoms with E-state index in [2.05, 4.69) is 17.1 Å². The Morgan fingerprint density at radius 1 is 1.33 bits per heavy atom. The quantitative estimate of drug-likeness (QED) is 0.732. The molecule has 1 aliphatic rings. The fraction of sp³-hybridized carbons (Fsp3) is 0.917. The third kappa shape index (κ3) is 8.14. The van der Waals surface area contributed by atoms with Crippen molar-refractivity contribution in [2.24, 2.45) is 5.73 Å². The molecule has 1 atom stereocenters. The summed E-state index contributed by atoms with van der Waals surface area (Å²) in [6.07, 6.45) is 6.27. The molecule has 0 aliphatic carbocycles. The molecule has 1 fully saturated rings. The van der Waals surface area contributed by atoms with E-state index in [1.165, 1.54) is 32.4 Å². The lowest BCUT2D eigenvalue weighted by Gasteiger charge is -2.33. The van der Waals surface area contributed by atoms with Crippen molar-refractivity contribution in [3.8, 4) is 0 Å². The summed E-state index contributed by atoms with van der Waals surface area (Å²) in [6, 6.07) is 0.743. The maximum atomic E-state index is 10.9. The van der Waals surface area contributed by atoms with Gasteiger partial charge in [-0.3, -0.25) is 4.79 Å². The highest BCUT2D eigenvalue weighted by Gasteiger charge is 2.16. The van der Waals surface area contributed by atoms with Crippen LogP contribution in [0.1, 0.15) is 39.0 Å². The second-order valence-electron chi connectivity index (χ2n) is 4.64. The van der Waals surface area contributed by atoms with Crippen LogP contribution in [-0.4, -0.2) is 43.0 Å². The summed E-state index contributed by atoms with van der Waals surface area (Å²) in [5.41, 5.74) is 5.20. The van der Waals surface area contributed by atoms with Crippen molar-refractivity contribution in [1.29, 1.82) is 0 Å². The molecule has 0 radical (unpaired) electrons. The first-order valence-corrected chi connectivity index (χ1v) is 6.45. The molecule has 1 unspecified atom stereocenters. The van der Waals surface area contributed by atoms with E-state index >= 15 is 0 Å². The zero-order valence-corrected chi connectivity index (χ0v) is 12.8. The van der Waals surface area contributed by atoms with E-state index in [1.54, 1.807) is 0 Å². The smallest absolute Gasteiger partial charge is 0.233 e. The third-order valence-electron chi connectivity index (χ3n) is 3.32. The number of nitrogens with one attached hydrogen (secondary N) is 1. The second kappa shape index (κ2) is 12.0. The topological polar surface area (TPSA) is 58.4 Å². The Kier molecular flexibility index (Phi) is 13.6. The number of unbranched alkanes of at least 4 members (excludes halogenated alkanes) is 1. The van der Waals surface area contributed by atoms with Gasteiger partial charge in [-0.2, -0.15) is 0 Å². The lowest BCUT2D eigenvalue weighted by atomic mass is 10.0. The largest absolute Gasteiger partial charge is 0.355 e. The summed E-state index contributed by atoms with van der Waals surface area (Å²) in [4.78, 5) is 13.4. The number of hydrogen-bond acceptors (Lipinski definition) is 3. The molecule has 6 heteroatoms. The molecule has 0 aromatic carbocycles. The van der Waals surface area contributed by atoms with Crippen molar-refractivity contribution < 1.29 is 4.79 Å². The number of likely N-dealkylation sites (tertiary alicyclic amines) is 1. The number of nitrogens with two attached hydrogens (primary N) is 1. The Bertz CT molecular complexity index is 217. The highest BCUT2D eigenvalue weighted by atomic mass is 35.5. The highest BCUT2D eigenvalue weighted by Crippen LogP contribution is 2.16. The second-order valence-corrected chi connectivity index (χ2v) is 4.64. The van der Waals surface area contributed by atoms with E-state index in [0.717, 1.165) is 25.4 Å². The number of carbonyl (C=O) groups is 1. The van der Waals surface area contributed by atoms with Gasteiger partial charge >= 0.3 is 0 Å². The molecule has 110 valence electrons. The van der Waals surface area contributed by atoms with Crippen molar-refractivity contribution in [3.05, 3.63) is 0 Å². The van der Waals surface area contributed by atoms with Crippen LogP contribution in [0.25, 0.3) is 0 Å². The maximum absolute atomic E-state index is 10.9. The molecule has 1 amide bonds. The monoisotopic (exact) mass is 299 g/mol. The normalized spacial score (nSPS) is 19.6. The Morgan fingerprint density at radius 3 is 2.67 bits per heavy atom. The molecule has 1 aliphatic heterocycles. The van der Waals surface area contributed by atoms with Gasteiger partial charge in [-0.1, -0.05) is 6.42 Å². The Labute approximate surface area is 123 Å². The lowest BCUT2D eigenvalue weighted by molar-refractivity contribution is -0.119. The minimum atomic E-state index is -0.0497. The van der Waals surface area contributed by atoms with Crippen LogP contribution >= 0.6 is 24.8 Å². The fourth-order valence-corrected chi connectivity index (χ4v) is 2.23. The Balaban J connectivity index is 0. The lowest BCUT2D eigenvalue weighted by Crippen LogP contribution is -2.38.